The number of hydrogen-bond acceptors (Lipinski definition) is 16. The summed E-state index contributed by atoms with van der Waals surface area (Å²) in [5.74, 6) is -0.884. The number of hydrogen-bond donors (Lipinski definition) is 0. The van der Waals surface area contributed by atoms with Crippen molar-refractivity contribution in [2.45, 2.75) is 273 Å². The molecule has 10 aliphatic carbocycles. The summed E-state index contributed by atoms with van der Waals surface area (Å²) in [7, 11) is -6.96. The molecule has 6 aromatic rings. The average molecular weight is 1590 g/mol. The molecule has 2 saturated heterocycles. The van der Waals surface area contributed by atoms with Gasteiger partial charge in [-0.1, -0.05) is 138 Å². The van der Waals surface area contributed by atoms with Gasteiger partial charge in [-0.3, -0.25) is 28.8 Å². The lowest BCUT2D eigenvalue weighted by Gasteiger charge is -2.34. The minimum atomic E-state index is -3.23. The minimum absolute atomic E-state index is 0.0279. The first-order chi connectivity index (χ1) is 53.9. The molecule has 10 saturated carbocycles. The zero-order chi connectivity index (χ0) is 76.9. The van der Waals surface area contributed by atoms with E-state index in [1.165, 1.54) is 32.4 Å². The Morgan fingerprint density at radius 2 is 0.739 bits per heavy atom. The van der Waals surface area contributed by atoms with Crippen molar-refractivity contribution >= 4 is 77.3 Å². The summed E-state index contributed by atoms with van der Waals surface area (Å²) in [6.07, 6.45) is 24.5. The first-order valence-corrected chi connectivity index (χ1v) is 47.0. The van der Waals surface area contributed by atoms with Gasteiger partial charge in [0.1, 0.15) is 36.6 Å². The molecule has 0 N–H and O–H groups in total. The van der Waals surface area contributed by atoms with Crippen molar-refractivity contribution in [1.82, 2.24) is 0 Å². The number of fused-ring (bicyclic) bond motifs is 4. The van der Waals surface area contributed by atoms with Gasteiger partial charge in [-0.2, -0.15) is 0 Å². The van der Waals surface area contributed by atoms with Gasteiger partial charge in [-0.15, -0.1) is 0 Å². The molecule has 2 heterocycles. The van der Waals surface area contributed by atoms with Crippen LogP contribution in [-0.4, -0.2) is 99.8 Å². The summed E-state index contributed by atoms with van der Waals surface area (Å²) in [4.78, 5) is 82.8. The lowest BCUT2D eigenvalue weighted by Crippen LogP contribution is -2.41. The van der Waals surface area contributed by atoms with Gasteiger partial charge < -0.3 is 28.4 Å². The lowest BCUT2D eigenvalue weighted by molar-refractivity contribution is -0.171. The van der Waals surface area contributed by atoms with E-state index < -0.39 is 43.6 Å². The maximum Gasteiger partial charge on any atom is 0.310 e. The second kappa shape index (κ2) is 35.2. The number of esters is 6. The van der Waals surface area contributed by atoms with Crippen LogP contribution in [-0.2, 0) is 98.7 Å². The highest BCUT2D eigenvalue weighted by atomic mass is 32.2. The first kappa shape index (κ1) is 79.0. The number of carbonyl (C=O) groups excluding carboxylic acids is 6. The second-order valence-electron chi connectivity index (χ2n) is 33.5. The van der Waals surface area contributed by atoms with Gasteiger partial charge in [0.2, 0.25) is 0 Å². The van der Waals surface area contributed by atoms with Crippen LogP contribution >= 0.6 is 0 Å². The van der Waals surface area contributed by atoms with Gasteiger partial charge in [-0.05, 0) is 230 Å². The van der Waals surface area contributed by atoms with Crippen molar-refractivity contribution in [3.8, 4) is 0 Å². The summed E-state index contributed by atoms with van der Waals surface area (Å²) in [5.41, 5.74) is 0. The van der Waals surface area contributed by atoms with E-state index in [0.29, 0.717) is 27.5 Å². The highest BCUT2D eigenvalue weighted by Crippen LogP contribution is 2.59. The van der Waals surface area contributed by atoms with E-state index in [1.807, 2.05) is 72.8 Å². The average Bonchev–Trinajstić information content (AvgIpc) is 1.58. The molecular weight excluding hydrogens is 1480 g/mol. The molecule has 18 rings (SSSR count). The summed E-state index contributed by atoms with van der Waals surface area (Å²) in [6, 6.07) is 56.9. The van der Waals surface area contributed by atoms with Crippen molar-refractivity contribution in [3.63, 3.8) is 0 Å². The zero-order valence-corrected chi connectivity index (χ0v) is 67.2. The summed E-state index contributed by atoms with van der Waals surface area (Å²) in [5, 5.41) is -0.429. The fraction of sp³-hybridized carbons (Fsp3) is 0.538. The lowest BCUT2D eigenvalue weighted by atomic mass is 9.74. The molecule has 0 spiro atoms. The molecule has 590 valence electrons. The quantitative estimate of drug-likeness (QED) is 0.0417. The normalized spacial score (nSPS) is 29.5. The fourth-order valence-corrected chi connectivity index (χ4v) is 28.7. The van der Waals surface area contributed by atoms with Gasteiger partial charge >= 0.3 is 35.8 Å². The maximum absolute atomic E-state index is 13.0. The van der Waals surface area contributed by atoms with Crippen molar-refractivity contribution < 1.29 is 74.0 Å². The number of benzene rings is 6. The molecule has 12 aliphatic rings. The van der Waals surface area contributed by atoms with Crippen LogP contribution in [0.15, 0.2) is 209 Å². The van der Waals surface area contributed by atoms with E-state index in [0.717, 1.165) is 164 Å². The third-order valence-corrected chi connectivity index (χ3v) is 35.5. The zero-order valence-electron chi connectivity index (χ0n) is 64.0. The van der Waals surface area contributed by atoms with Crippen LogP contribution in [0.25, 0.3) is 0 Å². The van der Waals surface area contributed by atoms with Crippen molar-refractivity contribution in [2.24, 2.45) is 71.0 Å². The molecule has 0 amide bonds. The SMILES string of the molecule is CC(CC(=O)OC1C2CC3C(=O)OC1C3C2)C(=O)OC1C2CC3C(=O)OC1C3C2.CC1CC2CC1C(C(=O)OC1CCCCC1)C2C(=O)OC1CCCCC1.O=S(=O)(c1ccc([S+](c2ccccc2)c2ccccc2)cc1)C1CCCCC1.O=S(=O)(c1ccc([S+](c2ccccc2)c2ccccc2)cc1)C1CCCCC1. The number of sulfone groups is 2. The summed E-state index contributed by atoms with van der Waals surface area (Å²) < 4.78 is 86.0. The van der Waals surface area contributed by atoms with E-state index in [4.69, 9.17) is 28.4 Å². The molecular formula is C91H108O16S4+2. The molecule has 16 atom stereocenters. The molecule has 6 aromatic carbocycles. The Balaban J connectivity index is 0.000000117. The summed E-state index contributed by atoms with van der Waals surface area (Å²) >= 11 is 0. The molecule has 6 bridgehead atoms. The third kappa shape index (κ3) is 17.4. The second-order valence-corrected chi connectivity index (χ2v) is 42.0. The topological polar surface area (TPSA) is 226 Å². The number of rotatable bonds is 19. The van der Waals surface area contributed by atoms with Gasteiger partial charge in [0.05, 0.1) is 78.1 Å². The summed E-state index contributed by atoms with van der Waals surface area (Å²) in [6.45, 7) is 3.88. The Morgan fingerprint density at radius 3 is 1.13 bits per heavy atom. The van der Waals surface area contributed by atoms with Crippen molar-refractivity contribution in [2.75, 3.05) is 0 Å². The number of carbonyl (C=O) groups is 6. The Bertz CT molecular complexity index is 4180. The van der Waals surface area contributed by atoms with E-state index >= 15 is 0 Å². The molecule has 0 radical (unpaired) electrons. The molecule has 2 aliphatic heterocycles. The van der Waals surface area contributed by atoms with Gasteiger partial charge in [0, 0.05) is 23.7 Å². The monoisotopic (exact) mass is 1580 g/mol. The standard InChI is InChI=1S/2C24H25O2S2.C22H34O4.C21H24O8/c2*25-28(26,23-14-8-3-9-15-23)24-18-16-22(17-19-24)27(20-10-4-1-5-11-20)21-12-6-2-7-13-21;1-14-12-15-13-18(14)20(22(24)26-17-10-6-3-7-11-17)19(15)21(23)25-16-8-4-2-5-9-16;1-7(19(23)27-16-9-4-11-13(6-9)21(25)29-18(11)16)2-14(22)26-15-8-3-10-12(5-8)20(24)28-17(10)15/h2*1-2,4-7,10-13,16-19,23H,3,8-9,14-15H2;14-20H,2-13H2,1H3;7-13,15-18H,2-6H2,1H3/q2*+1;;. The predicted molar refractivity (Wildman–Crippen MR) is 422 cm³/mol. The Hall–Kier alpha value is -7.26. The van der Waals surface area contributed by atoms with E-state index in [9.17, 15) is 45.6 Å². The molecule has 16 unspecified atom stereocenters. The third-order valence-electron chi connectivity index (χ3n) is 26.4. The highest BCUT2D eigenvalue weighted by Gasteiger charge is 2.65. The predicted octanol–water partition coefficient (Wildman–Crippen LogP) is 17.4. The van der Waals surface area contributed by atoms with Crippen LogP contribution in [0, 0.1) is 71.0 Å². The number of ether oxygens (including phenoxy) is 6. The first-order valence-electron chi connectivity index (χ1n) is 41.4. The van der Waals surface area contributed by atoms with Crippen molar-refractivity contribution in [1.29, 1.82) is 0 Å². The Kier molecular flexibility index (Phi) is 25.1. The van der Waals surface area contributed by atoms with Gasteiger partial charge in [0.15, 0.2) is 49.0 Å². The van der Waals surface area contributed by atoms with Crippen LogP contribution in [0.5, 0.6) is 0 Å². The molecule has 20 heteroatoms. The van der Waals surface area contributed by atoms with Crippen LogP contribution < -0.4 is 0 Å². The molecule has 16 nitrogen and oxygen atoms in total. The van der Waals surface area contributed by atoms with E-state index in [-0.39, 0.29) is 140 Å². The van der Waals surface area contributed by atoms with Crippen LogP contribution in [0.2, 0.25) is 0 Å². The Morgan fingerprint density at radius 1 is 0.396 bits per heavy atom. The fourth-order valence-electron chi connectivity index (χ4n) is 20.8. The van der Waals surface area contributed by atoms with Gasteiger partial charge in [0.25, 0.3) is 0 Å². The van der Waals surface area contributed by atoms with E-state index in [2.05, 4.69) is 104 Å². The molecule has 0 aromatic heterocycles. The van der Waals surface area contributed by atoms with Crippen molar-refractivity contribution in [3.05, 3.63) is 170 Å². The largest absolute Gasteiger partial charge is 0.462 e. The van der Waals surface area contributed by atoms with Crippen LogP contribution in [0.3, 0.4) is 0 Å². The minimum Gasteiger partial charge on any atom is -0.462 e. The Labute approximate surface area is 661 Å². The molecule has 12 fully saturated rings. The maximum atomic E-state index is 13.0. The smallest absolute Gasteiger partial charge is 0.310 e. The van der Waals surface area contributed by atoms with Crippen LogP contribution in [0.1, 0.15) is 187 Å². The van der Waals surface area contributed by atoms with Crippen LogP contribution in [0.4, 0.5) is 0 Å². The highest BCUT2D eigenvalue weighted by molar-refractivity contribution is 7.97. The molecule has 111 heavy (non-hydrogen) atoms. The van der Waals surface area contributed by atoms with Gasteiger partial charge in [-0.25, -0.2) is 16.8 Å². The van der Waals surface area contributed by atoms with E-state index in [1.54, 1.807) is 6.92 Å².